The van der Waals surface area contributed by atoms with Gasteiger partial charge in [-0.1, -0.05) is 13.8 Å². The minimum Gasteiger partial charge on any atom is -0.324 e. The molecule has 5 nitrogen and oxygen atoms in total. The van der Waals surface area contributed by atoms with Crippen molar-refractivity contribution in [3.05, 3.63) is 22.9 Å². The van der Waals surface area contributed by atoms with Crippen LogP contribution in [0.25, 0.3) is 0 Å². The van der Waals surface area contributed by atoms with E-state index in [1.807, 2.05) is 13.8 Å². The van der Waals surface area contributed by atoms with Gasteiger partial charge in [-0.05, 0) is 34.8 Å². The van der Waals surface area contributed by atoms with Crippen LogP contribution in [0.1, 0.15) is 26.7 Å². The number of pyridine rings is 1. The molecule has 0 spiro atoms. The fourth-order valence-corrected chi connectivity index (χ4v) is 3.00. The maximum absolute atomic E-state index is 12.0. The van der Waals surface area contributed by atoms with Crippen LogP contribution in [-0.4, -0.2) is 25.5 Å². The standard InChI is InChI=1S/C11H18BrN3O2S.ClH/c1-3-11(13,4-2)8-15-18(16,17)10-5-9(12)6-14-7-10;/h5-7,15H,3-4,8,13H2,1-2H3;1H. The summed E-state index contributed by atoms with van der Waals surface area (Å²) in [5, 5.41) is 0. The number of halogens is 2. The van der Waals surface area contributed by atoms with Crippen molar-refractivity contribution in [1.29, 1.82) is 0 Å². The van der Waals surface area contributed by atoms with Crippen LogP contribution in [0.15, 0.2) is 27.8 Å². The Balaban J connectivity index is 0.00000324. The average molecular weight is 373 g/mol. The molecule has 0 radical (unpaired) electrons. The third kappa shape index (κ3) is 5.35. The van der Waals surface area contributed by atoms with E-state index >= 15 is 0 Å². The van der Waals surface area contributed by atoms with Gasteiger partial charge < -0.3 is 5.73 Å². The smallest absolute Gasteiger partial charge is 0.242 e. The van der Waals surface area contributed by atoms with Crippen LogP contribution >= 0.6 is 28.3 Å². The highest BCUT2D eigenvalue weighted by molar-refractivity contribution is 9.10. The van der Waals surface area contributed by atoms with Crippen LogP contribution < -0.4 is 10.5 Å². The monoisotopic (exact) mass is 371 g/mol. The number of hydrogen-bond donors (Lipinski definition) is 2. The van der Waals surface area contributed by atoms with Gasteiger partial charge >= 0.3 is 0 Å². The zero-order chi connectivity index (χ0) is 13.8. The number of nitrogens with zero attached hydrogens (tertiary/aromatic N) is 1. The normalized spacial score (nSPS) is 12.0. The fourth-order valence-electron chi connectivity index (χ4n) is 1.36. The molecule has 1 aromatic rings. The van der Waals surface area contributed by atoms with E-state index in [1.54, 1.807) is 0 Å². The lowest BCUT2D eigenvalue weighted by Gasteiger charge is -2.26. The first kappa shape index (κ1) is 18.8. The van der Waals surface area contributed by atoms with E-state index in [2.05, 4.69) is 25.6 Å². The third-order valence-corrected chi connectivity index (χ3v) is 4.81. The van der Waals surface area contributed by atoms with Crippen LogP contribution in [0.4, 0.5) is 0 Å². The Morgan fingerprint density at radius 1 is 1.37 bits per heavy atom. The van der Waals surface area contributed by atoms with Crippen molar-refractivity contribution in [2.75, 3.05) is 6.54 Å². The lowest BCUT2D eigenvalue weighted by molar-refractivity contribution is 0.391. The summed E-state index contributed by atoms with van der Waals surface area (Å²) in [6, 6.07) is 1.51. The molecule has 0 atom stereocenters. The van der Waals surface area contributed by atoms with Gasteiger partial charge in [0.05, 0.1) is 0 Å². The van der Waals surface area contributed by atoms with E-state index < -0.39 is 15.6 Å². The molecule has 0 aromatic carbocycles. The Bertz CT molecular complexity index is 506. The summed E-state index contributed by atoms with van der Waals surface area (Å²) in [5.41, 5.74) is 5.55. The quantitative estimate of drug-likeness (QED) is 0.800. The molecular weight excluding hydrogens is 354 g/mol. The van der Waals surface area contributed by atoms with Crippen molar-refractivity contribution >= 4 is 38.4 Å². The lowest BCUT2D eigenvalue weighted by atomic mass is 9.95. The maximum Gasteiger partial charge on any atom is 0.242 e. The number of hydrogen-bond acceptors (Lipinski definition) is 4. The number of sulfonamides is 1. The second kappa shape index (κ2) is 7.54. The molecule has 1 heterocycles. The molecule has 0 amide bonds. The van der Waals surface area contributed by atoms with E-state index in [4.69, 9.17) is 5.73 Å². The molecule has 0 bridgehead atoms. The molecule has 0 saturated heterocycles. The van der Waals surface area contributed by atoms with Crippen molar-refractivity contribution in [1.82, 2.24) is 9.71 Å². The Kier molecular flexibility index (Phi) is 7.46. The molecule has 19 heavy (non-hydrogen) atoms. The highest BCUT2D eigenvalue weighted by Gasteiger charge is 2.24. The molecule has 0 aliphatic carbocycles. The summed E-state index contributed by atoms with van der Waals surface area (Å²) < 4.78 is 27.2. The molecule has 110 valence electrons. The van der Waals surface area contributed by atoms with Crippen molar-refractivity contribution in [3.8, 4) is 0 Å². The SMILES string of the molecule is CCC(N)(CC)CNS(=O)(=O)c1cncc(Br)c1.Cl. The van der Waals surface area contributed by atoms with Gasteiger partial charge in [-0.25, -0.2) is 13.1 Å². The van der Waals surface area contributed by atoms with E-state index in [9.17, 15) is 8.42 Å². The first-order valence-electron chi connectivity index (χ1n) is 5.72. The molecule has 1 aromatic heterocycles. The lowest BCUT2D eigenvalue weighted by Crippen LogP contribution is -2.49. The largest absolute Gasteiger partial charge is 0.324 e. The molecular formula is C11H19BrClN3O2S. The molecule has 1 rings (SSSR count). The Labute approximate surface area is 129 Å². The van der Waals surface area contributed by atoms with Gasteiger partial charge in [-0.3, -0.25) is 4.98 Å². The Hall–Kier alpha value is -0.210. The van der Waals surface area contributed by atoms with Crippen LogP contribution in [0, 0.1) is 0 Å². The van der Waals surface area contributed by atoms with Crippen molar-refractivity contribution < 1.29 is 8.42 Å². The molecule has 0 unspecified atom stereocenters. The van der Waals surface area contributed by atoms with E-state index in [1.165, 1.54) is 18.5 Å². The summed E-state index contributed by atoms with van der Waals surface area (Å²) in [5.74, 6) is 0. The predicted octanol–water partition coefficient (Wildman–Crippen LogP) is 2.06. The minimum absolute atomic E-state index is 0. The molecule has 0 fully saturated rings. The van der Waals surface area contributed by atoms with Crippen LogP contribution in [0.2, 0.25) is 0 Å². The summed E-state index contributed by atoms with van der Waals surface area (Å²) in [6.07, 6.45) is 4.26. The molecule has 3 N–H and O–H groups in total. The van der Waals surface area contributed by atoms with Gasteiger partial charge in [0.15, 0.2) is 0 Å². The van der Waals surface area contributed by atoms with E-state index in [0.29, 0.717) is 17.3 Å². The first-order chi connectivity index (χ1) is 8.33. The molecule has 0 saturated carbocycles. The molecule has 0 aliphatic heterocycles. The number of nitrogens with two attached hydrogens (primary N) is 1. The maximum atomic E-state index is 12.0. The second-order valence-corrected chi connectivity index (χ2v) is 6.92. The molecule has 8 heteroatoms. The summed E-state index contributed by atoms with van der Waals surface area (Å²) in [7, 11) is -3.56. The van der Waals surface area contributed by atoms with Gasteiger partial charge in [0.2, 0.25) is 10.0 Å². The Morgan fingerprint density at radius 3 is 2.42 bits per heavy atom. The highest BCUT2D eigenvalue weighted by Crippen LogP contribution is 2.15. The fraction of sp³-hybridized carbons (Fsp3) is 0.545. The minimum atomic E-state index is -3.56. The van der Waals surface area contributed by atoms with Crippen LogP contribution in [0.5, 0.6) is 0 Å². The second-order valence-electron chi connectivity index (χ2n) is 4.23. The van der Waals surface area contributed by atoms with Gasteiger partial charge in [0, 0.05) is 29.0 Å². The van der Waals surface area contributed by atoms with Gasteiger partial charge in [0.1, 0.15) is 4.90 Å². The number of nitrogens with one attached hydrogen (secondary N) is 1. The van der Waals surface area contributed by atoms with Gasteiger partial charge in [0.25, 0.3) is 0 Å². The zero-order valence-electron chi connectivity index (χ0n) is 10.9. The topological polar surface area (TPSA) is 85.1 Å². The average Bonchev–Trinajstić information content (AvgIpc) is 2.36. The summed E-state index contributed by atoms with van der Waals surface area (Å²) in [6.45, 7) is 4.10. The van der Waals surface area contributed by atoms with E-state index in [0.717, 1.165) is 0 Å². The van der Waals surface area contributed by atoms with Crippen LogP contribution in [0.3, 0.4) is 0 Å². The van der Waals surface area contributed by atoms with Crippen LogP contribution in [-0.2, 0) is 10.0 Å². The van der Waals surface area contributed by atoms with Gasteiger partial charge in [-0.15, -0.1) is 12.4 Å². The summed E-state index contributed by atoms with van der Waals surface area (Å²) in [4.78, 5) is 3.97. The Morgan fingerprint density at radius 2 is 1.95 bits per heavy atom. The summed E-state index contributed by atoms with van der Waals surface area (Å²) >= 11 is 3.19. The van der Waals surface area contributed by atoms with Crippen molar-refractivity contribution in [3.63, 3.8) is 0 Å². The first-order valence-corrected chi connectivity index (χ1v) is 7.99. The molecule has 0 aliphatic rings. The predicted molar refractivity (Wildman–Crippen MR) is 81.9 cm³/mol. The highest BCUT2D eigenvalue weighted by atomic mass is 79.9. The number of aromatic nitrogens is 1. The van der Waals surface area contributed by atoms with E-state index in [-0.39, 0.29) is 23.8 Å². The van der Waals surface area contributed by atoms with Gasteiger partial charge in [-0.2, -0.15) is 0 Å². The number of rotatable bonds is 6. The zero-order valence-corrected chi connectivity index (χ0v) is 14.1. The van der Waals surface area contributed by atoms with Crippen molar-refractivity contribution in [2.45, 2.75) is 37.1 Å². The third-order valence-electron chi connectivity index (χ3n) is 3.01. The van der Waals surface area contributed by atoms with Crippen molar-refractivity contribution in [2.24, 2.45) is 5.73 Å².